The second-order valence-corrected chi connectivity index (χ2v) is 9.86. The van der Waals surface area contributed by atoms with Gasteiger partial charge in [0.1, 0.15) is 18.0 Å². The van der Waals surface area contributed by atoms with Crippen LogP contribution in [0, 0.1) is 15.9 Å². The zero-order valence-electron chi connectivity index (χ0n) is 21.0. The highest BCUT2D eigenvalue weighted by atomic mass is 79.9. The van der Waals surface area contributed by atoms with Gasteiger partial charge in [-0.15, -0.1) is 0 Å². The first-order valence-electron chi connectivity index (χ1n) is 12.3. The largest absolute Gasteiger partial charge is 0.481 e. The van der Waals surface area contributed by atoms with Gasteiger partial charge < -0.3 is 9.15 Å². The lowest BCUT2D eigenvalue weighted by atomic mass is 10.2. The number of hydrogen-bond donors (Lipinski definition) is 0. The molecule has 9 nitrogen and oxygen atoms in total. The summed E-state index contributed by atoms with van der Waals surface area (Å²) in [4.78, 5) is 29.6. The average Bonchev–Trinajstić information content (AvgIpc) is 3.41. The van der Waals surface area contributed by atoms with Gasteiger partial charge in [0.2, 0.25) is 11.6 Å². The van der Waals surface area contributed by atoms with Crippen molar-refractivity contribution in [3.8, 4) is 17.3 Å². The van der Waals surface area contributed by atoms with Crippen LogP contribution in [0.3, 0.4) is 0 Å². The number of para-hydroxylation sites is 2. The number of fused-ring (bicyclic) bond motifs is 2. The molecule has 41 heavy (non-hydrogen) atoms. The van der Waals surface area contributed by atoms with Crippen LogP contribution in [0.25, 0.3) is 33.5 Å². The van der Waals surface area contributed by atoms with Crippen molar-refractivity contribution in [2.24, 2.45) is 5.10 Å². The van der Waals surface area contributed by atoms with Crippen molar-refractivity contribution in [3.05, 3.63) is 133 Å². The van der Waals surface area contributed by atoms with Crippen molar-refractivity contribution < 1.29 is 18.5 Å². The fourth-order valence-electron chi connectivity index (χ4n) is 4.36. The Balaban J connectivity index is 1.50. The lowest BCUT2D eigenvalue weighted by Gasteiger charge is -2.11. The van der Waals surface area contributed by atoms with Gasteiger partial charge in [0.15, 0.2) is 5.76 Å². The van der Waals surface area contributed by atoms with Gasteiger partial charge >= 0.3 is 5.69 Å². The predicted octanol–water partition coefficient (Wildman–Crippen LogP) is 7.08. The smallest absolute Gasteiger partial charge is 0.312 e. The third-order valence-electron chi connectivity index (χ3n) is 6.30. The third-order valence-corrected chi connectivity index (χ3v) is 6.76. The molecule has 4 aromatic carbocycles. The van der Waals surface area contributed by atoms with Crippen molar-refractivity contribution in [3.63, 3.8) is 0 Å². The van der Waals surface area contributed by atoms with Gasteiger partial charge in [-0.1, -0.05) is 64.5 Å². The summed E-state index contributed by atoms with van der Waals surface area (Å²) in [6.07, 6.45) is 1.26. The summed E-state index contributed by atoms with van der Waals surface area (Å²) in [5, 5.41) is 17.5. The van der Waals surface area contributed by atoms with E-state index in [-0.39, 0.29) is 35.0 Å². The van der Waals surface area contributed by atoms with E-state index in [9.17, 15) is 19.3 Å². The van der Waals surface area contributed by atoms with Gasteiger partial charge in [-0.25, -0.2) is 9.37 Å². The van der Waals surface area contributed by atoms with E-state index in [4.69, 9.17) is 9.15 Å². The maximum absolute atomic E-state index is 14.2. The molecular weight excluding hydrogens is 595 g/mol. The van der Waals surface area contributed by atoms with E-state index in [0.29, 0.717) is 26.7 Å². The van der Waals surface area contributed by atoms with Gasteiger partial charge in [0.05, 0.1) is 22.0 Å². The number of nitro groups is 1. The molecule has 0 aliphatic heterocycles. The number of halogens is 2. The normalized spacial score (nSPS) is 11.5. The van der Waals surface area contributed by atoms with E-state index in [0.717, 1.165) is 10.1 Å². The molecule has 6 aromatic rings. The Hall–Kier alpha value is -5.16. The first-order chi connectivity index (χ1) is 19.9. The molecule has 202 valence electrons. The lowest BCUT2D eigenvalue weighted by Crippen LogP contribution is -2.20. The van der Waals surface area contributed by atoms with E-state index in [1.165, 1.54) is 30.5 Å². The van der Waals surface area contributed by atoms with Crippen LogP contribution in [0.15, 0.2) is 110 Å². The van der Waals surface area contributed by atoms with Crippen molar-refractivity contribution in [1.82, 2.24) is 9.66 Å². The van der Waals surface area contributed by atoms with Crippen LogP contribution in [0.1, 0.15) is 11.1 Å². The monoisotopic (exact) mass is 612 g/mol. The van der Waals surface area contributed by atoms with Crippen molar-refractivity contribution in [2.75, 3.05) is 0 Å². The summed E-state index contributed by atoms with van der Waals surface area (Å²) < 4.78 is 27.5. The highest BCUT2D eigenvalue weighted by Gasteiger charge is 2.22. The van der Waals surface area contributed by atoms with Gasteiger partial charge in [0.25, 0.3) is 5.56 Å². The van der Waals surface area contributed by atoms with Crippen LogP contribution in [0.5, 0.6) is 5.75 Å². The van der Waals surface area contributed by atoms with E-state index in [1.54, 1.807) is 48.5 Å². The second kappa shape index (κ2) is 10.8. The molecule has 2 heterocycles. The molecule has 0 unspecified atom stereocenters. The Morgan fingerprint density at radius 3 is 2.61 bits per heavy atom. The molecule has 0 radical (unpaired) electrons. The fourth-order valence-corrected chi connectivity index (χ4v) is 4.82. The quantitative estimate of drug-likeness (QED) is 0.108. The van der Waals surface area contributed by atoms with Gasteiger partial charge in [-0.2, -0.15) is 9.78 Å². The maximum atomic E-state index is 14.2. The SMILES string of the molecule is O=c1c2ccccc2nc(-c2cc3ccccc3o2)n1N=Cc1cc(Br)cc([N+](=O)[O-])c1OCc1ccccc1F. The minimum Gasteiger partial charge on any atom is -0.481 e. The number of hydrogen-bond acceptors (Lipinski definition) is 7. The number of benzene rings is 4. The Bertz CT molecular complexity index is 2020. The molecule has 0 aliphatic carbocycles. The first kappa shape index (κ1) is 26.1. The van der Waals surface area contributed by atoms with Crippen molar-refractivity contribution >= 4 is 49.7 Å². The van der Waals surface area contributed by atoms with E-state index < -0.39 is 16.3 Å². The van der Waals surface area contributed by atoms with Crippen LogP contribution in [0.2, 0.25) is 0 Å². The zero-order chi connectivity index (χ0) is 28.5. The van der Waals surface area contributed by atoms with Crippen molar-refractivity contribution in [1.29, 1.82) is 0 Å². The standard InChI is InChI=1S/C30H18BrFN4O5/c31-21-13-20(28(25(15-21)36(38)39)40-17-19-8-1-4-10-23(19)32)16-33-35-29(27-14-18-7-2-6-12-26(18)41-27)34-24-11-5-3-9-22(24)30(35)37/h1-16H,17H2. The topological polar surface area (TPSA) is 113 Å². The number of aromatic nitrogens is 2. The molecule has 2 aromatic heterocycles. The Kier molecular flexibility index (Phi) is 6.86. The Morgan fingerprint density at radius 1 is 1.05 bits per heavy atom. The van der Waals surface area contributed by atoms with E-state index in [1.807, 2.05) is 18.2 Å². The average molecular weight is 613 g/mol. The van der Waals surface area contributed by atoms with E-state index >= 15 is 0 Å². The third kappa shape index (κ3) is 5.10. The molecule has 6 rings (SSSR count). The van der Waals surface area contributed by atoms with Gasteiger partial charge in [-0.3, -0.25) is 14.9 Å². The molecule has 0 N–H and O–H groups in total. The maximum Gasteiger partial charge on any atom is 0.312 e. The summed E-state index contributed by atoms with van der Waals surface area (Å²) in [6.45, 7) is -0.266. The molecular formula is C30H18BrFN4O5. The van der Waals surface area contributed by atoms with Crippen LogP contribution < -0.4 is 10.3 Å². The fraction of sp³-hybridized carbons (Fsp3) is 0.0333. The van der Waals surface area contributed by atoms with Crippen LogP contribution in [-0.2, 0) is 6.61 Å². The van der Waals surface area contributed by atoms with Crippen LogP contribution in [0.4, 0.5) is 10.1 Å². The summed E-state index contributed by atoms with van der Waals surface area (Å²) in [7, 11) is 0. The minimum absolute atomic E-state index is 0.138. The van der Waals surface area contributed by atoms with Crippen LogP contribution >= 0.6 is 15.9 Å². The molecule has 0 saturated carbocycles. The Morgan fingerprint density at radius 2 is 1.80 bits per heavy atom. The molecule has 0 amide bonds. The molecule has 0 saturated heterocycles. The lowest BCUT2D eigenvalue weighted by molar-refractivity contribution is -0.386. The Labute approximate surface area is 239 Å². The second-order valence-electron chi connectivity index (χ2n) is 8.94. The molecule has 0 aliphatic rings. The molecule has 0 atom stereocenters. The van der Waals surface area contributed by atoms with E-state index in [2.05, 4.69) is 26.0 Å². The number of rotatable bonds is 7. The summed E-state index contributed by atoms with van der Waals surface area (Å²) in [6, 6.07) is 24.7. The highest BCUT2D eigenvalue weighted by Crippen LogP contribution is 2.35. The molecule has 11 heteroatoms. The highest BCUT2D eigenvalue weighted by molar-refractivity contribution is 9.10. The predicted molar refractivity (Wildman–Crippen MR) is 156 cm³/mol. The zero-order valence-corrected chi connectivity index (χ0v) is 22.6. The minimum atomic E-state index is -0.609. The molecule has 0 bridgehead atoms. The summed E-state index contributed by atoms with van der Waals surface area (Å²) >= 11 is 3.29. The number of furan rings is 1. The van der Waals surface area contributed by atoms with Crippen LogP contribution in [-0.4, -0.2) is 20.8 Å². The summed E-state index contributed by atoms with van der Waals surface area (Å²) in [5.41, 5.74) is 0.616. The number of nitrogens with zero attached hydrogens (tertiary/aromatic N) is 4. The first-order valence-corrected chi connectivity index (χ1v) is 13.1. The molecule has 0 fully saturated rings. The number of ether oxygens (including phenoxy) is 1. The number of nitro benzene ring substituents is 1. The van der Waals surface area contributed by atoms with Gasteiger partial charge in [0, 0.05) is 27.1 Å². The molecule has 0 spiro atoms. The van der Waals surface area contributed by atoms with Crippen molar-refractivity contribution in [2.45, 2.75) is 6.61 Å². The summed E-state index contributed by atoms with van der Waals surface area (Å²) in [5.74, 6) is -0.203. The van der Waals surface area contributed by atoms with Gasteiger partial charge in [-0.05, 0) is 36.4 Å².